The van der Waals surface area contributed by atoms with E-state index in [1.807, 2.05) is 42.5 Å². The van der Waals surface area contributed by atoms with Crippen molar-refractivity contribution in [1.82, 2.24) is 10.3 Å². The molecule has 5 heteroatoms. The van der Waals surface area contributed by atoms with Gasteiger partial charge in [-0.15, -0.1) is 0 Å². The summed E-state index contributed by atoms with van der Waals surface area (Å²) in [4.78, 5) is 18.3. The molecule has 1 aliphatic heterocycles. The van der Waals surface area contributed by atoms with E-state index in [-0.39, 0.29) is 12.1 Å². The van der Waals surface area contributed by atoms with Gasteiger partial charge in [-0.1, -0.05) is 30.3 Å². The summed E-state index contributed by atoms with van der Waals surface area (Å²) in [5.74, 6) is 0. The quantitative estimate of drug-likeness (QED) is 0.918. The lowest BCUT2D eigenvalue weighted by Crippen LogP contribution is -2.48. The molecule has 0 saturated carbocycles. The van der Waals surface area contributed by atoms with Gasteiger partial charge in [-0.25, -0.2) is 4.79 Å². The highest BCUT2D eigenvalue weighted by molar-refractivity contribution is 5.67. The minimum absolute atomic E-state index is 0.121. The molecule has 0 spiro atoms. The standard InChI is InChI=1S/C19H23N3O2/c23-19(24-14-10-16-5-2-1-3-6-16)21-17-7-4-13-22(15-17)18-8-11-20-12-9-18/h1-3,5-6,8-9,11-12,17H,4,7,10,13-15H2,(H,21,23). The first-order valence-electron chi connectivity index (χ1n) is 8.43. The number of amides is 1. The molecule has 1 aromatic heterocycles. The first kappa shape index (κ1) is 16.3. The van der Waals surface area contributed by atoms with Crippen molar-refractivity contribution < 1.29 is 9.53 Å². The number of rotatable bonds is 5. The highest BCUT2D eigenvalue weighted by Gasteiger charge is 2.22. The number of benzene rings is 1. The zero-order valence-corrected chi connectivity index (χ0v) is 13.7. The number of hydrogen-bond donors (Lipinski definition) is 1. The van der Waals surface area contributed by atoms with E-state index >= 15 is 0 Å². The topological polar surface area (TPSA) is 54.5 Å². The van der Waals surface area contributed by atoms with Gasteiger partial charge >= 0.3 is 6.09 Å². The van der Waals surface area contributed by atoms with Crippen LogP contribution in [0.2, 0.25) is 0 Å². The van der Waals surface area contributed by atoms with Gasteiger partial charge in [0, 0.05) is 43.6 Å². The fourth-order valence-corrected chi connectivity index (χ4v) is 3.00. The van der Waals surface area contributed by atoms with Crippen LogP contribution in [-0.2, 0) is 11.2 Å². The number of carbonyl (C=O) groups is 1. The highest BCUT2D eigenvalue weighted by atomic mass is 16.5. The molecule has 0 radical (unpaired) electrons. The Balaban J connectivity index is 1.42. The van der Waals surface area contributed by atoms with Crippen molar-refractivity contribution in [3.05, 3.63) is 60.4 Å². The summed E-state index contributed by atoms with van der Waals surface area (Å²) in [5, 5.41) is 2.99. The van der Waals surface area contributed by atoms with Crippen LogP contribution in [0, 0.1) is 0 Å². The van der Waals surface area contributed by atoms with Gasteiger partial charge in [0.25, 0.3) is 0 Å². The third kappa shape index (κ3) is 4.72. The second kappa shape index (κ2) is 8.34. The van der Waals surface area contributed by atoms with Crippen LogP contribution >= 0.6 is 0 Å². The monoisotopic (exact) mass is 325 g/mol. The van der Waals surface area contributed by atoms with E-state index in [1.165, 1.54) is 5.56 Å². The van der Waals surface area contributed by atoms with Crippen molar-refractivity contribution in [3.8, 4) is 0 Å². The molecule has 3 rings (SSSR count). The number of nitrogens with zero attached hydrogens (tertiary/aromatic N) is 2. The van der Waals surface area contributed by atoms with Crippen LogP contribution in [-0.4, -0.2) is 36.8 Å². The number of ether oxygens (including phenoxy) is 1. The number of alkyl carbamates (subject to hydrolysis) is 1. The van der Waals surface area contributed by atoms with Crippen molar-refractivity contribution in [3.63, 3.8) is 0 Å². The van der Waals surface area contributed by atoms with E-state index in [1.54, 1.807) is 12.4 Å². The maximum absolute atomic E-state index is 12.0. The Hall–Kier alpha value is -2.56. The van der Waals surface area contributed by atoms with Gasteiger partial charge in [-0.2, -0.15) is 0 Å². The third-order valence-electron chi connectivity index (χ3n) is 4.24. The number of piperidine rings is 1. The molecule has 1 N–H and O–H groups in total. The Morgan fingerprint density at radius 3 is 2.79 bits per heavy atom. The van der Waals surface area contributed by atoms with Gasteiger partial charge in [0.2, 0.25) is 0 Å². The predicted molar refractivity (Wildman–Crippen MR) is 94.1 cm³/mol. The first-order valence-corrected chi connectivity index (χ1v) is 8.43. The van der Waals surface area contributed by atoms with E-state index in [0.29, 0.717) is 6.61 Å². The lowest BCUT2D eigenvalue weighted by Gasteiger charge is -2.34. The minimum atomic E-state index is -0.326. The summed E-state index contributed by atoms with van der Waals surface area (Å²) in [6, 6.07) is 14.2. The average Bonchev–Trinajstić information content (AvgIpc) is 2.63. The number of nitrogens with one attached hydrogen (secondary N) is 1. The molecule has 2 aromatic rings. The summed E-state index contributed by atoms with van der Waals surface area (Å²) in [6.45, 7) is 2.21. The Bertz CT molecular complexity index is 634. The van der Waals surface area contributed by atoms with Gasteiger partial charge in [0.05, 0.1) is 6.61 Å². The SMILES string of the molecule is O=C(NC1CCCN(c2ccncc2)C1)OCCc1ccccc1. The van der Waals surface area contributed by atoms with Gasteiger partial charge in [0.15, 0.2) is 0 Å². The Morgan fingerprint density at radius 2 is 2.00 bits per heavy atom. The van der Waals surface area contributed by atoms with E-state index < -0.39 is 0 Å². The molecule has 2 heterocycles. The molecule has 1 amide bonds. The molecule has 1 fully saturated rings. The average molecular weight is 325 g/mol. The molecule has 1 saturated heterocycles. The summed E-state index contributed by atoms with van der Waals surface area (Å²) in [7, 11) is 0. The molecule has 0 aliphatic carbocycles. The van der Waals surface area contributed by atoms with Crippen molar-refractivity contribution >= 4 is 11.8 Å². The lowest BCUT2D eigenvalue weighted by molar-refractivity contribution is 0.142. The molecular weight excluding hydrogens is 302 g/mol. The zero-order valence-electron chi connectivity index (χ0n) is 13.7. The van der Waals surface area contributed by atoms with Gasteiger partial charge < -0.3 is 15.0 Å². The number of hydrogen-bond acceptors (Lipinski definition) is 4. The second-order valence-corrected chi connectivity index (χ2v) is 6.01. The van der Waals surface area contributed by atoms with E-state index in [4.69, 9.17) is 4.74 Å². The Morgan fingerprint density at radius 1 is 1.21 bits per heavy atom. The van der Waals surface area contributed by atoms with E-state index in [9.17, 15) is 4.79 Å². The van der Waals surface area contributed by atoms with Crippen LogP contribution in [0.15, 0.2) is 54.9 Å². The maximum Gasteiger partial charge on any atom is 0.407 e. The summed E-state index contributed by atoms with van der Waals surface area (Å²) in [6.07, 6.45) is 6.04. The molecule has 0 bridgehead atoms. The van der Waals surface area contributed by atoms with Crippen molar-refractivity contribution in [1.29, 1.82) is 0 Å². The first-order chi connectivity index (χ1) is 11.8. The summed E-state index contributed by atoms with van der Waals surface area (Å²) >= 11 is 0. The molecule has 5 nitrogen and oxygen atoms in total. The van der Waals surface area contributed by atoms with Crippen molar-refractivity contribution in [2.24, 2.45) is 0 Å². The summed E-state index contributed by atoms with van der Waals surface area (Å²) in [5.41, 5.74) is 2.32. The summed E-state index contributed by atoms with van der Waals surface area (Å²) < 4.78 is 5.31. The van der Waals surface area contributed by atoms with E-state index in [0.717, 1.165) is 38.0 Å². The molecule has 1 aromatic carbocycles. The van der Waals surface area contributed by atoms with Crippen LogP contribution in [0.1, 0.15) is 18.4 Å². The lowest BCUT2D eigenvalue weighted by atomic mass is 10.1. The van der Waals surface area contributed by atoms with Crippen molar-refractivity contribution in [2.75, 3.05) is 24.6 Å². The third-order valence-corrected chi connectivity index (χ3v) is 4.24. The minimum Gasteiger partial charge on any atom is -0.449 e. The van der Waals surface area contributed by atoms with Gasteiger partial charge in [0.1, 0.15) is 0 Å². The molecule has 1 atom stereocenters. The smallest absolute Gasteiger partial charge is 0.407 e. The Labute approximate surface area is 142 Å². The fraction of sp³-hybridized carbons (Fsp3) is 0.368. The number of aromatic nitrogens is 1. The molecule has 126 valence electrons. The normalized spacial score (nSPS) is 17.3. The van der Waals surface area contributed by atoms with Crippen LogP contribution in [0.3, 0.4) is 0 Å². The van der Waals surface area contributed by atoms with Gasteiger partial charge in [-0.3, -0.25) is 4.98 Å². The molecule has 1 unspecified atom stereocenters. The number of pyridine rings is 1. The largest absolute Gasteiger partial charge is 0.449 e. The predicted octanol–water partition coefficient (Wildman–Crippen LogP) is 3.02. The number of anilines is 1. The number of carbonyl (C=O) groups excluding carboxylic acids is 1. The second-order valence-electron chi connectivity index (χ2n) is 6.01. The highest BCUT2D eigenvalue weighted by Crippen LogP contribution is 2.18. The molecule has 1 aliphatic rings. The van der Waals surface area contributed by atoms with Crippen LogP contribution in [0.5, 0.6) is 0 Å². The van der Waals surface area contributed by atoms with Crippen LogP contribution in [0.4, 0.5) is 10.5 Å². The maximum atomic E-state index is 12.0. The Kier molecular flexibility index (Phi) is 5.66. The van der Waals surface area contributed by atoms with Gasteiger partial charge in [-0.05, 0) is 30.5 Å². The molecule has 24 heavy (non-hydrogen) atoms. The zero-order chi connectivity index (χ0) is 16.6. The van der Waals surface area contributed by atoms with Crippen LogP contribution in [0.25, 0.3) is 0 Å². The van der Waals surface area contributed by atoms with E-state index in [2.05, 4.69) is 15.2 Å². The fourth-order valence-electron chi connectivity index (χ4n) is 3.00. The molecular formula is C19H23N3O2. The van der Waals surface area contributed by atoms with Crippen molar-refractivity contribution in [2.45, 2.75) is 25.3 Å². The van der Waals surface area contributed by atoms with Crippen LogP contribution < -0.4 is 10.2 Å².